The number of hydrogen-bond acceptors (Lipinski definition) is 8. The van der Waals surface area contributed by atoms with Crippen molar-refractivity contribution >= 4 is 60.9 Å². The lowest BCUT2D eigenvalue weighted by atomic mass is 9.58. The highest BCUT2D eigenvalue weighted by Gasteiger charge is 2.59. The van der Waals surface area contributed by atoms with Crippen LogP contribution in [0.1, 0.15) is 69.7 Å². The van der Waals surface area contributed by atoms with Crippen LogP contribution in [0.2, 0.25) is 16.4 Å². The Labute approximate surface area is 395 Å². The zero-order valence-corrected chi connectivity index (χ0v) is 39.8. The number of allylic oxidation sites excluding steroid dienone is 1. The average Bonchev–Trinajstić information content (AvgIpc) is 3.57. The fourth-order valence-electron chi connectivity index (χ4n) is 11.3. The number of likely N-dealkylation sites (tertiary alicyclic amines) is 2. The first-order chi connectivity index (χ1) is 31.9. The number of carbonyl (C=O) groups excluding carboxylic acids is 2. The molecule has 2 amide bonds. The third kappa shape index (κ3) is 9.26. The van der Waals surface area contributed by atoms with Crippen molar-refractivity contribution in [2.45, 2.75) is 82.9 Å². The summed E-state index contributed by atoms with van der Waals surface area (Å²) in [5.41, 5.74) is 5.61. The number of hydrogen-bond donors (Lipinski definition) is 2. The maximum absolute atomic E-state index is 15.0. The van der Waals surface area contributed by atoms with Crippen LogP contribution in [0, 0.1) is 17.8 Å². The van der Waals surface area contributed by atoms with Gasteiger partial charge in [0.2, 0.25) is 11.8 Å². The summed E-state index contributed by atoms with van der Waals surface area (Å²) in [6.45, 7) is 9.46. The van der Waals surface area contributed by atoms with Crippen LogP contribution in [0.3, 0.4) is 0 Å². The van der Waals surface area contributed by atoms with Gasteiger partial charge in [-0.15, -0.1) is 0 Å². The monoisotopic (exact) mass is 919 g/mol. The molecule has 3 saturated heterocycles. The molecule has 4 aromatic carbocycles. The summed E-state index contributed by atoms with van der Waals surface area (Å²) in [4.78, 5) is 38.6. The van der Waals surface area contributed by atoms with E-state index >= 15 is 4.79 Å². The Morgan fingerprint density at radius 3 is 2.15 bits per heavy atom. The number of halogens is 1. The van der Waals surface area contributed by atoms with E-state index in [2.05, 4.69) is 98.5 Å². The predicted molar refractivity (Wildman–Crippen MR) is 264 cm³/mol. The van der Waals surface area contributed by atoms with Crippen LogP contribution in [0.4, 0.5) is 0 Å². The number of imide groups is 1. The number of aromatic hydroxyl groups is 1. The van der Waals surface area contributed by atoms with E-state index in [1.54, 1.807) is 23.2 Å². The minimum absolute atomic E-state index is 0.0783. The minimum Gasteiger partial charge on any atom is -0.508 e. The van der Waals surface area contributed by atoms with Crippen molar-refractivity contribution in [2.24, 2.45) is 17.8 Å². The highest BCUT2D eigenvalue weighted by atomic mass is 35.5. The van der Waals surface area contributed by atoms with E-state index in [1.165, 1.54) is 11.6 Å². The fourth-order valence-corrected chi connectivity index (χ4v) is 16.1. The summed E-state index contributed by atoms with van der Waals surface area (Å²) in [6, 6.07) is 42.0. The zero-order chi connectivity index (χ0) is 46.0. The third-order valence-electron chi connectivity index (χ3n) is 14.4. The number of phenolic OH excluding ortho intramolecular Hbond substituents is 1. The number of nitrogens with zero attached hydrogens (tertiary/aromatic N) is 3. The number of piperidine rings is 1. The summed E-state index contributed by atoms with van der Waals surface area (Å²) in [5.74, 6) is -1.72. The zero-order valence-electron chi connectivity index (χ0n) is 38.1. The third-order valence-corrected chi connectivity index (χ3v) is 19.7. The standard InChI is InChI=1S/C54H59BClN3O6Si/c1-54(2,3)66(43-17-9-5-10-18-43,44-19-11-6-12-20-44)64-36-40-32-45-51(53(62)59(52(45)61)41-26-29-58(30-27-41)35-37-15-7-4-8-16-37)46-34-55(63)65-49(50(40)46)25-23-39(48-21-13-14-28-57-48)31-38-22-24-42(60)33-47(38)56/h4-22,24,28,31,33,41,45-46,49,51,60,63H,23,25-27,29-30,32,34-36H2,1-3H3/b39-31-/t45-,46+,49-,51-/m1/s1. The fraction of sp³-hybridized carbons (Fsp3) is 0.352. The Kier molecular flexibility index (Phi) is 13.7. The average molecular weight is 920 g/mol. The van der Waals surface area contributed by atoms with E-state index in [1.807, 2.05) is 42.5 Å². The van der Waals surface area contributed by atoms with Crippen LogP contribution in [-0.2, 0) is 25.2 Å². The molecule has 3 fully saturated rings. The van der Waals surface area contributed by atoms with Gasteiger partial charge in [0.1, 0.15) is 5.75 Å². The Balaban J connectivity index is 1.08. The number of phenols is 1. The summed E-state index contributed by atoms with van der Waals surface area (Å²) >= 11 is 6.65. The second-order valence-corrected chi connectivity index (χ2v) is 24.2. The van der Waals surface area contributed by atoms with Gasteiger partial charge in [0, 0.05) is 31.9 Å². The number of carbonyl (C=O) groups is 2. The molecule has 0 unspecified atom stereocenters. The minimum atomic E-state index is -3.04. The molecule has 1 aromatic heterocycles. The predicted octanol–water partition coefficient (Wildman–Crippen LogP) is 8.80. The van der Waals surface area contributed by atoms with Crippen LogP contribution in [0.5, 0.6) is 5.75 Å². The van der Waals surface area contributed by atoms with Crippen LogP contribution in [0.25, 0.3) is 11.6 Å². The van der Waals surface area contributed by atoms with Crippen LogP contribution < -0.4 is 10.4 Å². The van der Waals surface area contributed by atoms with Crippen molar-refractivity contribution in [3.8, 4) is 5.75 Å². The van der Waals surface area contributed by atoms with Gasteiger partial charge in [0.15, 0.2) is 0 Å². The molecule has 9 rings (SSSR count). The quantitative estimate of drug-likeness (QED) is 0.0686. The van der Waals surface area contributed by atoms with Gasteiger partial charge in [-0.1, -0.05) is 129 Å². The van der Waals surface area contributed by atoms with Gasteiger partial charge < -0.3 is 19.2 Å². The number of rotatable bonds is 13. The highest BCUT2D eigenvalue weighted by molar-refractivity contribution is 6.99. The Morgan fingerprint density at radius 2 is 1.53 bits per heavy atom. The molecule has 5 aromatic rings. The molecular formula is C54H59BClN3O6Si. The van der Waals surface area contributed by atoms with Crippen LogP contribution in [-0.4, -0.2) is 84.0 Å². The molecule has 0 saturated carbocycles. The van der Waals surface area contributed by atoms with Crippen molar-refractivity contribution in [2.75, 3.05) is 19.7 Å². The lowest BCUT2D eigenvalue weighted by Crippen LogP contribution is -2.66. The van der Waals surface area contributed by atoms with Gasteiger partial charge in [-0.25, -0.2) is 0 Å². The van der Waals surface area contributed by atoms with Gasteiger partial charge >= 0.3 is 7.12 Å². The normalized spacial score (nSPS) is 22.2. The van der Waals surface area contributed by atoms with E-state index in [0.29, 0.717) is 24.3 Å². The number of pyridine rings is 1. The van der Waals surface area contributed by atoms with E-state index in [-0.39, 0.29) is 41.6 Å². The smallest absolute Gasteiger partial charge is 0.455 e. The van der Waals surface area contributed by atoms with Crippen molar-refractivity contribution in [1.29, 1.82) is 0 Å². The summed E-state index contributed by atoms with van der Waals surface area (Å²) < 4.78 is 14.2. The number of amides is 2. The summed E-state index contributed by atoms with van der Waals surface area (Å²) in [6.07, 6.45) is 6.17. The second kappa shape index (κ2) is 19.6. The number of fused-ring (bicyclic) bond motifs is 3. The molecular weight excluding hydrogens is 861 g/mol. The van der Waals surface area contributed by atoms with Crippen LogP contribution >= 0.6 is 11.6 Å². The van der Waals surface area contributed by atoms with Gasteiger partial charge in [0.05, 0.1) is 35.3 Å². The molecule has 4 aliphatic rings. The Hall–Kier alpha value is -5.14. The molecule has 4 atom stereocenters. The molecule has 9 nitrogen and oxygen atoms in total. The van der Waals surface area contributed by atoms with Crippen LogP contribution in [0.15, 0.2) is 145 Å². The molecule has 3 aliphatic heterocycles. The van der Waals surface area contributed by atoms with Gasteiger partial charge in [-0.3, -0.25) is 24.4 Å². The summed E-state index contributed by atoms with van der Waals surface area (Å²) in [5, 5.41) is 24.2. The molecule has 4 heterocycles. The molecule has 12 heteroatoms. The molecule has 2 N–H and O–H groups in total. The molecule has 0 spiro atoms. The molecule has 1 aliphatic carbocycles. The molecule has 66 heavy (non-hydrogen) atoms. The highest BCUT2D eigenvalue weighted by Crippen LogP contribution is 2.52. The summed E-state index contributed by atoms with van der Waals surface area (Å²) in [7, 11) is -4.17. The largest absolute Gasteiger partial charge is 0.508 e. The molecule has 0 radical (unpaired) electrons. The lowest BCUT2D eigenvalue weighted by Gasteiger charge is -2.46. The maximum Gasteiger partial charge on any atom is 0.455 e. The van der Waals surface area contributed by atoms with E-state index in [4.69, 9.17) is 25.7 Å². The van der Waals surface area contributed by atoms with Crippen molar-refractivity contribution < 1.29 is 28.8 Å². The maximum atomic E-state index is 15.0. The Bertz CT molecular complexity index is 2530. The van der Waals surface area contributed by atoms with E-state index < -0.39 is 39.3 Å². The van der Waals surface area contributed by atoms with Gasteiger partial charge in [-0.2, -0.15) is 0 Å². The first-order valence-electron chi connectivity index (χ1n) is 23.5. The SMILES string of the molecule is CC(C)(C)[Si](OCC1=C2[C@@H](CC/C(=C/c3ccc(O)cc3Cl)c3ccccn3)OB(O)C[C@@H]2[C@@H]2C(=O)N(C3CCN(Cc4ccccc4)CC3)C(=O)[C@@H]2C1)(c1ccccc1)c1ccccc1. The second-order valence-electron chi connectivity index (χ2n) is 19.4. The van der Waals surface area contributed by atoms with Gasteiger partial charge in [-0.05, 0) is 124 Å². The van der Waals surface area contributed by atoms with E-state index in [0.717, 1.165) is 70.8 Å². The van der Waals surface area contributed by atoms with Crippen molar-refractivity contribution in [1.82, 2.24) is 14.8 Å². The Morgan fingerprint density at radius 1 is 0.879 bits per heavy atom. The number of aromatic nitrogens is 1. The van der Waals surface area contributed by atoms with Crippen molar-refractivity contribution in [3.63, 3.8) is 0 Å². The topological polar surface area (TPSA) is 112 Å². The van der Waals surface area contributed by atoms with Gasteiger partial charge in [0.25, 0.3) is 8.32 Å². The van der Waals surface area contributed by atoms with E-state index in [9.17, 15) is 14.9 Å². The number of benzene rings is 4. The first-order valence-corrected chi connectivity index (χ1v) is 25.7. The lowest BCUT2D eigenvalue weighted by molar-refractivity contribution is -0.144. The van der Waals surface area contributed by atoms with Crippen molar-refractivity contribution in [3.05, 3.63) is 167 Å². The molecule has 0 bridgehead atoms. The first kappa shape index (κ1) is 46.0. The molecule has 340 valence electrons.